The Balaban J connectivity index is 1.73. The van der Waals surface area contributed by atoms with Crippen molar-refractivity contribution >= 4 is 5.78 Å². The number of ketones is 1. The lowest BCUT2D eigenvalue weighted by molar-refractivity contribution is -0.131. The van der Waals surface area contributed by atoms with E-state index in [-0.39, 0.29) is 16.9 Å². The Morgan fingerprint density at radius 2 is 2.05 bits per heavy atom. The van der Waals surface area contributed by atoms with Crippen molar-refractivity contribution in [3.63, 3.8) is 0 Å². The monoisotopic (exact) mass is 298 g/mol. The first-order valence-electron chi connectivity index (χ1n) is 8.63. The lowest BCUT2D eigenvalue weighted by Crippen LogP contribution is -2.49. The molecule has 0 N–H and O–H groups in total. The minimum atomic E-state index is -0.182. The summed E-state index contributed by atoms with van der Waals surface area (Å²) >= 11 is 0. The summed E-state index contributed by atoms with van der Waals surface area (Å²) in [7, 11) is 1.71. The van der Waals surface area contributed by atoms with Gasteiger partial charge in [-0.3, -0.25) is 4.79 Å². The Morgan fingerprint density at radius 1 is 1.23 bits per heavy atom. The summed E-state index contributed by atoms with van der Waals surface area (Å²) < 4.78 is 5.62. The molecule has 0 aromatic rings. The van der Waals surface area contributed by atoms with E-state index in [0.717, 1.165) is 19.3 Å². The second-order valence-electron chi connectivity index (χ2n) is 8.10. The molecule has 0 radical (unpaired) electrons. The van der Waals surface area contributed by atoms with Crippen LogP contribution in [0.15, 0.2) is 36.0 Å². The number of carbonyl (C=O) groups is 1. The summed E-state index contributed by atoms with van der Waals surface area (Å²) in [6.07, 6.45) is 15.4. The normalized spacial score (nSPS) is 49.4. The molecule has 2 heteroatoms. The van der Waals surface area contributed by atoms with Crippen molar-refractivity contribution < 1.29 is 9.53 Å². The van der Waals surface area contributed by atoms with Crippen LogP contribution in [0.25, 0.3) is 0 Å². The smallest absolute Gasteiger partial charge is 0.162 e. The van der Waals surface area contributed by atoms with Crippen LogP contribution in [0.5, 0.6) is 0 Å². The van der Waals surface area contributed by atoms with Crippen molar-refractivity contribution in [2.24, 2.45) is 28.6 Å². The van der Waals surface area contributed by atoms with Crippen molar-refractivity contribution in [1.29, 1.82) is 0 Å². The fraction of sp³-hybridized carbons (Fsp3) is 0.650. The summed E-state index contributed by atoms with van der Waals surface area (Å²) in [6.45, 7) is 4.69. The summed E-state index contributed by atoms with van der Waals surface area (Å²) in [5.41, 5.74) is 1.68. The summed E-state index contributed by atoms with van der Waals surface area (Å²) in [5.74, 6) is 2.09. The molecule has 2 saturated carbocycles. The van der Waals surface area contributed by atoms with Gasteiger partial charge in [0, 0.05) is 24.4 Å². The van der Waals surface area contributed by atoms with Crippen LogP contribution in [-0.2, 0) is 9.53 Å². The van der Waals surface area contributed by atoms with Crippen LogP contribution in [0.1, 0.15) is 39.5 Å². The molecular formula is C20H26O2. The quantitative estimate of drug-likeness (QED) is 0.729. The van der Waals surface area contributed by atoms with E-state index >= 15 is 0 Å². The van der Waals surface area contributed by atoms with Crippen LogP contribution in [0.4, 0.5) is 0 Å². The maximum atomic E-state index is 12.4. The molecule has 0 aromatic carbocycles. The molecule has 4 aliphatic carbocycles. The zero-order valence-corrected chi connectivity index (χ0v) is 13.8. The Morgan fingerprint density at radius 3 is 2.82 bits per heavy atom. The van der Waals surface area contributed by atoms with Gasteiger partial charge in [0.15, 0.2) is 5.78 Å². The van der Waals surface area contributed by atoms with E-state index in [0.29, 0.717) is 23.5 Å². The molecule has 4 aliphatic rings. The highest BCUT2D eigenvalue weighted by Crippen LogP contribution is 2.63. The standard InChI is InChI=1S/C20H26O2/c1-19-10-5-4-6-13(19)7-8-14-15(19)9-11-20(2)16(14)12-17(21)18(20)22-3/h4-7,10,14-16,18H,8-9,11-12H2,1-3H3/t14-,15+,16+,18-,19+,20+/m1/s1. The predicted octanol–water partition coefficient (Wildman–Crippen LogP) is 4.09. The minimum Gasteiger partial charge on any atom is -0.373 e. The van der Waals surface area contributed by atoms with E-state index in [2.05, 4.69) is 44.2 Å². The summed E-state index contributed by atoms with van der Waals surface area (Å²) in [6, 6.07) is 0. The highest BCUT2D eigenvalue weighted by atomic mass is 16.5. The van der Waals surface area contributed by atoms with Crippen molar-refractivity contribution in [1.82, 2.24) is 0 Å². The Kier molecular flexibility index (Phi) is 3.07. The molecule has 0 unspecified atom stereocenters. The average Bonchev–Trinajstić information content (AvgIpc) is 2.76. The molecule has 0 spiro atoms. The molecule has 0 aromatic heterocycles. The van der Waals surface area contributed by atoms with E-state index in [4.69, 9.17) is 4.74 Å². The number of ether oxygens (including phenoxy) is 1. The van der Waals surface area contributed by atoms with Crippen molar-refractivity contribution in [3.8, 4) is 0 Å². The molecule has 2 nitrogen and oxygen atoms in total. The highest BCUT2D eigenvalue weighted by molar-refractivity contribution is 5.87. The minimum absolute atomic E-state index is 0.0446. The van der Waals surface area contributed by atoms with E-state index in [1.165, 1.54) is 12.0 Å². The van der Waals surface area contributed by atoms with Crippen molar-refractivity contribution in [2.45, 2.75) is 45.6 Å². The van der Waals surface area contributed by atoms with Gasteiger partial charge in [0.25, 0.3) is 0 Å². The lowest BCUT2D eigenvalue weighted by Gasteiger charge is -2.55. The second-order valence-corrected chi connectivity index (χ2v) is 8.10. The fourth-order valence-electron chi connectivity index (χ4n) is 6.09. The van der Waals surface area contributed by atoms with Crippen molar-refractivity contribution in [3.05, 3.63) is 36.0 Å². The van der Waals surface area contributed by atoms with Gasteiger partial charge in [0.05, 0.1) is 0 Å². The second kappa shape index (κ2) is 4.67. The molecule has 2 fully saturated rings. The molecule has 0 amide bonds. The van der Waals surface area contributed by atoms with Gasteiger partial charge in [0.1, 0.15) is 6.10 Å². The van der Waals surface area contributed by atoms with E-state index in [9.17, 15) is 4.79 Å². The van der Waals surface area contributed by atoms with Crippen molar-refractivity contribution in [2.75, 3.05) is 7.11 Å². The first kappa shape index (κ1) is 14.4. The molecule has 118 valence electrons. The Labute approximate surface area is 133 Å². The van der Waals surface area contributed by atoms with Crippen LogP contribution in [0.2, 0.25) is 0 Å². The molecule has 4 rings (SSSR count). The topological polar surface area (TPSA) is 26.3 Å². The SMILES string of the molecule is CO[C@@H]1C(=O)C[C@H]2[C@@H]3CC=C4C=CC=C[C@]4(C)[C@H]3CC[C@]12C. The van der Waals surface area contributed by atoms with Gasteiger partial charge in [0.2, 0.25) is 0 Å². The predicted molar refractivity (Wildman–Crippen MR) is 87.3 cm³/mol. The third-order valence-electron chi connectivity index (χ3n) is 7.25. The Bertz CT molecular complexity index is 599. The van der Waals surface area contributed by atoms with Gasteiger partial charge in [-0.2, -0.15) is 0 Å². The van der Waals surface area contributed by atoms with Crippen LogP contribution in [0.3, 0.4) is 0 Å². The fourth-order valence-corrected chi connectivity index (χ4v) is 6.09. The van der Waals surface area contributed by atoms with Gasteiger partial charge in [-0.15, -0.1) is 0 Å². The van der Waals surface area contributed by atoms with Gasteiger partial charge < -0.3 is 4.74 Å². The molecule has 0 saturated heterocycles. The third kappa shape index (κ3) is 1.68. The van der Waals surface area contributed by atoms with E-state index in [1.54, 1.807) is 7.11 Å². The molecule has 0 aliphatic heterocycles. The molecule has 22 heavy (non-hydrogen) atoms. The molecular weight excluding hydrogens is 272 g/mol. The maximum absolute atomic E-state index is 12.4. The average molecular weight is 298 g/mol. The molecule has 6 atom stereocenters. The number of carbonyl (C=O) groups excluding carboxylic acids is 1. The number of allylic oxidation sites excluding steroid dienone is 6. The summed E-state index contributed by atoms with van der Waals surface area (Å²) in [4.78, 5) is 12.4. The van der Waals surface area contributed by atoms with Crippen LogP contribution in [0, 0.1) is 28.6 Å². The number of Topliss-reactive ketones (excluding diaryl/α,β-unsaturated/α-hetero) is 1. The molecule has 0 bridgehead atoms. The largest absolute Gasteiger partial charge is 0.373 e. The number of hydrogen-bond donors (Lipinski definition) is 0. The van der Waals surface area contributed by atoms with Crippen LogP contribution < -0.4 is 0 Å². The zero-order valence-electron chi connectivity index (χ0n) is 13.8. The van der Waals surface area contributed by atoms with E-state index in [1.807, 2.05) is 0 Å². The number of methoxy groups -OCH3 is 1. The number of fused-ring (bicyclic) bond motifs is 5. The van der Waals surface area contributed by atoms with Gasteiger partial charge in [-0.25, -0.2) is 0 Å². The zero-order chi connectivity index (χ0) is 15.5. The first-order valence-corrected chi connectivity index (χ1v) is 8.63. The van der Waals surface area contributed by atoms with Crippen LogP contribution >= 0.6 is 0 Å². The van der Waals surface area contributed by atoms with E-state index < -0.39 is 0 Å². The van der Waals surface area contributed by atoms with Gasteiger partial charge in [-0.05, 0) is 42.6 Å². The highest BCUT2D eigenvalue weighted by Gasteiger charge is 2.60. The van der Waals surface area contributed by atoms with Gasteiger partial charge >= 0.3 is 0 Å². The lowest BCUT2D eigenvalue weighted by atomic mass is 9.49. The van der Waals surface area contributed by atoms with Gasteiger partial charge in [-0.1, -0.05) is 44.2 Å². The maximum Gasteiger partial charge on any atom is 0.162 e. The molecule has 0 heterocycles. The summed E-state index contributed by atoms with van der Waals surface area (Å²) in [5, 5.41) is 0. The first-order chi connectivity index (χ1) is 10.5. The number of hydrogen-bond acceptors (Lipinski definition) is 2. The Hall–Kier alpha value is -1.15. The third-order valence-corrected chi connectivity index (χ3v) is 7.25. The number of rotatable bonds is 1. The van der Waals surface area contributed by atoms with Crippen LogP contribution in [-0.4, -0.2) is 19.0 Å².